The van der Waals surface area contributed by atoms with Crippen molar-refractivity contribution in [2.24, 2.45) is 0 Å². The lowest BCUT2D eigenvalue weighted by atomic mass is 10.1. The molecule has 0 bridgehead atoms. The molecule has 0 radical (unpaired) electrons. The number of benzene rings is 2. The predicted octanol–water partition coefficient (Wildman–Crippen LogP) is 4.36. The summed E-state index contributed by atoms with van der Waals surface area (Å²) in [6.07, 6.45) is 0.297. The Kier molecular flexibility index (Phi) is 4.20. The highest BCUT2D eigenvalue weighted by Gasteiger charge is 2.35. The molecule has 0 N–H and O–H groups in total. The van der Waals surface area contributed by atoms with Crippen LogP contribution in [-0.4, -0.2) is 22.6 Å². The van der Waals surface area contributed by atoms with E-state index in [9.17, 15) is 9.18 Å². The van der Waals surface area contributed by atoms with Gasteiger partial charge in [0.25, 0.3) is 0 Å². The average molecular weight is 372 g/mol. The van der Waals surface area contributed by atoms with Crippen LogP contribution in [0.1, 0.15) is 23.8 Å². The molecule has 4 rings (SSSR count). The summed E-state index contributed by atoms with van der Waals surface area (Å²) in [5.74, 6) is -0.0727. The van der Waals surface area contributed by atoms with Gasteiger partial charge in [0.1, 0.15) is 5.82 Å². The number of aromatic nitrogens is 2. The van der Waals surface area contributed by atoms with Crippen LogP contribution in [0.25, 0.3) is 11.4 Å². The third-order valence-electron chi connectivity index (χ3n) is 4.50. The number of hydrogen-bond donors (Lipinski definition) is 0. The van der Waals surface area contributed by atoms with Crippen LogP contribution < -0.4 is 4.90 Å². The summed E-state index contributed by atoms with van der Waals surface area (Å²) in [7, 11) is 0. The van der Waals surface area contributed by atoms with E-state index in [-0.39, 0.29) is 22.7 Å². The Morgan fingerprint density at radius 3 is 2.85 bits per heavy atom. The van der Waals surface area contributed by atoms with Crippen LogP contribution in [0.15, 0.2) is 47.0 Å². The number of hydrogen-bond acceptors (Lipinski definition) is 4. The van der Waals surface area contributed by atoms with Gasteiger partial charge in [-0.2, -0.15) is 4.98 Å². The second-order valence-corrected chi connectivity index (χ2v) is 6.68. The first-order valence-electron chi connectivity index (χ1n) is 8.18. The molecule has 1 atom stereocenters. The van der Waals surface area contributed by atoms with Gasteiger partial charge in [0.15, 0.2) is 0 Å². The summed E-state index contributed by atoms with van der Waals surface area (Å²) in [4.78, 5) is 18.5. The maximum atomic E-state index is 13.6. The van der Waals surface area contributed by atoms with E-state index in [4.69, 9.17) is 16.1 Å². The monoisotopic (exact) mass is 371 g/mol. The Hall–Kier alpha value is -2.73. The van der Waals surface area contributed by atoms with Gasteiger partial charge in [0.05, 0.1) is 10.9 Å². The number of rotatable bonds is 3. The summed E-state index contributed by atoms with van der Waals surface area (Å²) in [5, 5.41) is 3.95. The van der Waals surface area contributed by atoms with E-state index in [1.807, 2.05) is 31.2 Å². The Morgan fingerprint density at radius 2 is 2.08 bits per heavy atom. The van der Waals surface area contributed by atoms with Gasteiger partial charge in [-0.3, -0.25) is 4.79 Å². The molecule has 0 aliphatic carbocycles. The lowest BCUT2D eigenvalue weighted by Gasteiger charge is -2.18. The van der Waals surface area contributed by atoms with Gasteiger partial charge in [-0.15, -0.1) is 0 Å². The summed E-state index contributed by atoms with van der Waals surface area (Å²) < 4.78 is 19.0. The molecular weight excluding hydrogens is 357 g/mol. The maximum Gasteiger partial charge on any atom is 0.232 e. The minimum Gasteiger partial charge on any atom is -0.339 e. The molecule has 2 aromatic carbocycles. The molecule has 1 unspecified atom stereocenters. The highest BCUT2D eigenvalue weighted by Crippen LogP contribution is 2.33. The van der Waals surface area contributed by atoms with Crippen LogP contribution in [0.5, 0.6) is 0 Å². The van der Waals surface area contributed by atoms with Crippen molar-refractivity contribution in [1.82, 2.24) is 10.1 Å². The molecule has 7 heteroatoms. The first-order chi connectivity index (χ1) is 12.5. The van der Waals surface area contributed by atoms with Gasteiger partial charge in [-0.1, -0.05) is 35.0 Å². The molecule has 0 spiro atoms. The van der Waals surface area contributed by atoms with E-state index in [1.54, 1.807) is 11.0 Å². The third kappa shape index (κ3) is 2.97. The molecule has 26 heavy (non-hydrogen) atoms. The highest BCUT2D eigenvalue weighted by atomic mass is 35.5. The largest absolute Gasteiger partial charge is 0.339 e. The second kappa shape index (κ2) is 6.53. The number of carbonyl (C=O) groups excluding carboxylic acids is 1. The van der Waals surface area contributed by atoms with E-state index in [0.29, 0.717) is 24.4 Å². The lowest BCUT2D eigenvalue weighted by Crippen LogP contribution is -2.25. The van der Waals surface area contributed by atoms with Crippen molar-refractivity contribution < 1.29 is 13.7 Å². The Morgan fingerprint density at radius 1 is 1.27 bits per heavy atom. The molecule has 2 heterocycles. The smallest absolute Gasteiger partial charge is 0.232 e. The van der Waals surface area contributed by atoms with Crippen LogP contribution in [0.3, 0.4) is 0 Å². The van der Waals surface area contributed by atoms with E-state index in [0.717, 1.165) is 11.3 Å². The van der Waals surface area contributed by atoms with Gasteiger partial charge in [-0.25, -0.2) is 4.39 Å². The molecule has 1 amide bonds. The van der Waals surface area contributed by atoms with Crippen molar-refractivity contribution in [2.45, 2.75) is 19.3 Å². The zero-order valence-electron chi connectivity index (χ0n) is 13.9. The van der Waals surface area contributed by atoms with Gasteiger partial charge in [0.2, 0.25) is 17.6 Å². The first kappa shape index (κ1) is 16.7. The van der Waals surface area contributed by atoms with Crippen LogP contribution in [-0.2, 0) is 4.79 Å². The lowest BCUT2D eigenvalue weighted by molar-refractivity contribution is -0.117. The van der Waals surface area contributed by atoms with E-state index < -0.39 is 5.82 Å². The van der Waals surface area contributed by atoms with Crippen molar-refractivity contribution in [3.8, 4) is 11.4 Å². The molecule has 132 valence electrons. The first-order valence-corrected chi connectivity index (χ1v) is 8.56. The number of aryl methyl sites for hydroxylation is 1. The van der Waals surface area contributed by atoms with Crippen molar-refractivity contribution in [3.05, 3.63) is 64.8 Å². The zero-order valence-corrected chi connectivity index (χ0v) is 14.7. The number of para-hydroxylation sites is 1. The Balaban J connectivity index is 1.58. The number of anilines is 1. The zero-order chi connectivity index (χ0) is 18.3. The maximum absolute atomic E-state index is 13.6. The van der Waals surface area contributed by atoms with E-state index in [2.05, 4.69) is 10.1 Å². The average Bonchev–Trinajstić information content (AvgIpc) is 3.25. The summed E-state index contributed by atoms with van der Waals surface area (Å²) in [5.41, 5.74) is 2.39. The van der Waals surface area contributed by atoms with Gasteiger partial charge >= 0.3 is 0 Å². The normalized spacial score (nSPS) is 17.1. The van der Waals surface area contributed by atoms with Crippen molar-refractivity contribution in [1.29, 1.82) is 0 Å². The Labute approximate surface area is 154 Å². The summed E-state index contributed by atoms with van der Waals surface area (Å²) in [6, 6.07) is 12.1. The number of nitrogens with zero attached hydrogens (tertiary/aromatic N) is 3. The number of halogens is 2. The van der Waals surface area contributed by atoms with Crippen molar-refractivity contribution in [3.63, 3.8) is 0 Å². The molecule has 1 saturated heterocycles. The highest BCUT2D eigenvalue weighted by molar-refractivity contribution is 6.30. The SMILES string of the molecule is Cc1ccccc1N1CC(c2nc(-c3ccc(Cl)c(F)c3)no2)CC1=O. The fourth-order valence-electron chi connectivity index (χ4n) is 3.13. The van der Waals surface area contributed by atoms with E-state index >= 15 is 0 Å². The predicted molar refractivity (Wildman–Crippen MR) is 95.6 cm³/mol. The topological polar surface area (TPSA) is 59.2 Å². The standard InChI is InChI=1S/C19H15ClFN3O2/c1-11-4-2-3-5-16(11)24-10-13(9-17(24)25)19-22-18(23-26-19)12-6-7-14(20)15(21)8-12/h2-8,13H,9-10H2,1H3. The molecule has 1 fully saturated rings. The Bertz CT molecular complexity index is 988. The third-order valence-corrected chi connectivity index (χ3v) is 4.81. The van der Waals surface area contributed by atoms with Crippen LogP contribution >= 0.6 is 11.6 Å². The summed E-state index contributed by atoms with van der Waals surface area (Å²) >= 11 is 5.70. The van der Waals surface area contributed by atoms with Crippen LogP contribution in [0.2, 0.25) is 5.02 Å². The molecule has 1 aromatic heterocycles. The molecular formula is C19H15ClFN3O2. The molecule has 0 saturated carbocycles. The second-order valence-electron chi connectivity index (χ2n) is 6.28. The number of amides is 1. The van der Waals surface area contributed by atoms with Crippen LogP contribution in [0.4, 0.5) is 10.1 Å². The summed E-state index contributed by atoms with van der Waals surface area (Å²) in [6.45, 7) is 2.44. The molecule has 5 nitrogen and oxygen atoms in total. The van der Waals surface area contributed by atoms with E-state index in [1.165, 1.54) is 12.1 Å². The molecule has 3 aromatic rings. The van der Waals surface area contributed by atoms with Crippen LogP contribution in [0, 0.1) is 12.7 Å². The fraction of sp³-hybridized carbons (Fsp3) is 0.211. The van der Waals surface area contributed by atoms with Gasteiger partial charge in [-0.05, 0) is 36.8 Å². The number of carbonyl (C=O) groups is 1. The molecule has 1 aliphatic rings. The van der Waals surface area contributed by atoms with Crippen molar-refractivity contribution in [2.75, 3.05) is 11.4 Å². The fourth-order valence-corrected chi connectivity index (χ4v) is 3.24. The van der Waals surface area contributed by atoms with Gasteiger partial charge < -0.3 is 9.42 Å². The van der Waals surface area contributed by atoms with Crippen molar-refractivity contribution >= 4 is 23.2 Å². The quantitative estimate of drug-likeness (QED) is 0.686. The minimum atomic E-state index is -0.544. The molecule has 1 aliphatic heterocycles. The minimum absolute atomic E-state index is 0.0154. The van der Waals surface area contributed by atoms with Gasteiger partial charge in [0, 0.05) is 24.2 Å².